The molecule has 0 unspecified atom stereocenters. The summed E-state index contributed by atoms with van der Waals surface area (Å²) < 4.78 is 5.20. The van der Waals surface area contributed by atoms with Crippen molar-refractivity contribution in [2.75, 3.05) is 44.7 Å². The first-order valence-electron chi connectivity index (χ1n) is 11.5. The highest BCUT2D eigenvalue weighted by Gasteiger charge is 2.32. The molecule has 2 heterocycles. The zero-order valence-electron chi connectivity index (χ0n) is 19.5. The van der Waals surface area contributed by atoms with Crippen molar-refractivity contribution in [3.8, 4) is 0 Å². The lowest BCUT2D eigenvalue weighted by atomic mass is 10.1. The first kappa shape index (κ1) is 24.9. The van der Waals surface area contributed by atoms with Gasteiger partial charge in [0, 0.05) is 44.8 Å². The van der Waals surface area contributed by atoms with E-state index < -0.39 is 5.97 Å². The fraction of sp³-hybridized carbons (Fsp3) is 0.308. The van der Waals surface area contributed by atoms with Crippen molar-refractivity contribution in [2.45, 2.75) is 12.8 Å². The molecule has 35 heavy (non-hydrogen) atoms. The number of benzene rings is 2. The summed E-state index contributed by atoms with van der Waals surface area (Å²) in [6, 6.07) is 17.1. The number of methoxy groups -OCH3 is 1. The summed E-state index contributed by atoms with van der Waals surface area (Å²) in [6.07, 6.45) is 2.71. The molecule has 2 aromatic carbocycles. The highest BCUT2D eigenvalue weighted by molar-refractivity contribution is 8.26. The minimum absolute atomic E-state index is 0.115. The van der Waals surface area contributed by atoms with Gasteiger partial charge >= 0.3 is 5.97 Å². The van der Waals surface area contributed by atoms with Gasteiger partial charge in [0.05, 0.1) is 17.6 Å². The molecule has 2 amide bonds. The molecule has 2 fully saturated rings. The standard InChI is InChI=1S/C26H27N3O4S2/c1-33-25(32)20-11-9-19(10-12-20)18-22-24(31)29(26(34)35-22)13-5-8-23(30)28-16-14-27(15-17-28)21-6-3-2-4-7-21/h2-4,6-7,9-12,18H,5,8,13-17H2,1H3/b22-18-. The zero-order chi connectivity index (χ0) is 24.8. The summed E-state index contributed by atoms with van der Waals surface area (Å²) in [4.78, 5) is 43.4. The number of rotatable bonds is 7. The Kier molecular flexibility index (Phi) is 8.20. The molecule has 0 spiro atoms. The van der Waals surface area contributed by atoms with Crippen molar-refractivity contribution in [1.82, 2.24) is 9.80 Å². The lowest BCUT2D eigenvalue weighted by Crippen LogP contribution is -2.48. The van der Waals surface area contributed by atoms with Crippen molar-refractivity contribution in [1.29, 1.82) is 0 Å². The summed E-state index contributed by atoms with van der Waals surface area (Å²) >= 11 is 6.66. The second kappa shape index (κ2) is 11.5. The third-order valence-corrected chi connectivity index (χ3v) is 7.41. The Balaban J connectivity index is 1.25. The Morgan fingerprint density at radius 1 is 1.03 bits per heavy atom. The molecule has 9 heteroatoms. The molecule has 2 aliphatic rings. The number of amides is 2. The fourth-order valence-corrected chi connectivity index (χ4v) is 5.39. The number of esters is 1. The molecule has 182 valence electrons. The van der Waals surface area contributed by atoms with Crippen LogP contribution < -0.4 is 4.90 Å². The van der Waals surface area contributed by atoms with Gasteiger partial charge in [0.2, 0.25) is 5.91 Å². The van der Waals surface area contributed by atoms with Crippen LogP contribution in [0.15, 0.2) is 59.5 Å². The van der Waals surface area contributed by atoms with Gasteiger partial charge in [0.1, 0.15) is 4.32 Å². The van der Waals surface area contributed by atoms with Gasteiger partial charge in [0.15, 0.2) is 0 Å². The topological polar surface area (TPSA) is 70.2 Å². The van der Waals surface area contributed by atoms with Crippen LogP contribution in [0.2, 0.25) is 0 Å². The Bertz CT molecular complexity index is 1130. The molecule has 4 rings (SSSR count). The Morgan fingerprint density at radius 2 is 1.71 bits per heavy atom. The van der Waals surface area contributed by atoms with Gasteiger partial charge in [-0.25, -0.2) is 4.79 Å². The largest absolute Gasteiger partial charge is 0.465 e. The Labute approximate surface area is 214 Å². The molecule has 0 N–H and O–H groups in total. The molecule has 0 atom stereocenters. The summed E-state index contributed by atoms with van der Waals surface area (Å²) in [6.45, 7) is 3.45. The van der Waals surface area contributed by atoms with E-state index >= 15 is 0 Å². The van der Waals surface area contributed by atoms with E-state index in [0.717, 1.165) is 18.7 Å². The van der Waals surface area contributed by atoms with E-state index in [1.807, 2.05) is 23.1 Å². The molecule has 0 bridgehead atoms. The molecular weight excluding hydrogens is 482 g/mol. The lowest BCUT2D eigenvalue weighted by Gasteiger charge is -2.36. The molecule has 2 saturated heterocycles. The van der Waals surface area contributed by atoms with Crippen molar-refractivity contribution in [2.24, 2.45) is 0 Å². The number of anilines is 1. The average Bonchev–Trinajstić information content (AvgIpc) is 3.16. The van der Waals surface area contributed by atoms with E-state index in [1.165, 1.54) is 24.6 Å². The number of carbonyl (C=O) groups is 3. The van der Waals surface area contributed by atoms with Gasteiger partial charge in [-0.2, -0.15) is 0 Å². The van der Waals surface area contributed by atoms with Crippen LogP contribution in [0, 0.1) is 0 Å². The van der Waals surface area contributed by atoms with Gasteiger partial charge in [-0.1, -0.05) is 54.3 Å². The number of hydrogen-bond donors (Lipinski definition) is 0. The molecule has 0 aromatic heterocycles. The fourth-order valence-electron chi connectivity index (χ4n) is 4.08. The van der Waals surface area contributed by atoms with E-state index in [4.69, 9.17) is 17.0 Å². The van der Waals surface area contributed by atoms with Crippen LogP contribution in [0.3, 0.4) is 0 Å². The van der Waals surface area contributed by atoms with Crippen LogP contribution in [-0.2, 0) is 14.3 Å². The predicted molar refractivity (Wildman–Crippen MR) is 142 cm³/mol. The third kappa shape index (κ3) is 6.10. The van der Waals surface area contributed by atoms with Gasteiger partial charge in [0.25, 0.3) is 5.91 Å². The maximum atomic E-state index is 12.9. The van der Waals surface area contributed by atoms with Gasteiger partial charge in [-0.05, 0) is 42.3 Å². The van der Waals surface area contributed by atoms with Crippen LogP contribution in [0.4, 0.5) is 5.69 Å². The number of thioether (sulfide) groups is 1. The second-order valence-corrected chi connectivity index (χ2v) is 9.93. The Hall–Kier alpha value is -3.17. The number of thiocarbonyl (C=S) groups is 1. The molecule has 0 aliphatic carbocycles. The van der Waals surface area contributed by atoms with Crippen molar-refractivity contribution >= 4 is 57.8 Å². The number of nitrogens with zero attached hydrogens (tertiary/aromatic N) is 3. The zero-order valence-corrected chi connectivity index (χ0v) is 21.1. The highest BCUT2D eigenvalue weighted by atomic mass is 32.2. The normalized spacial score (nSPS) is 17.3. The third-order valence-electron chi connectivity index (χ3n) is 6.03. The minimum atomic E-state index is -0.407. The highest BCUT2D eigenvalue weighted by Crippen LogP contribution is 2.32. The number of piperazine rings is 1. The van der Waals surface area contributed by atoms with E-state index in [2.05, 4.69) is 17.0 Å². The monoisotopic (exact) mass is 509 g/mol. The molecule has 0 saturated carbocycles. The molecule has 7 nitrogen and oxygen atoms in total. The Morgan fingerprint density at radius 3 is 2.37 bits per heavy atom. The SMILES string of the molecule is COC(=O)c1ccc(/C=C2\SC(=S)N(CCCC(=O)N3CCN(c4ccccc4)CC3)C2=O)cc1. The maximum absolute atomic E-state index is 12.9. The number of hydrogen-bond acceptors (Lipinski definition) is 7. The second-order valence-electron chi connectivity index (χ2n) is 8.25. The van der Waals surface area contributed by atoms with Crippen molar-refractivity contribution in [3.63, 3.8) is 0 Å². The molecule has 2 aromatic rings. The summed E-state index contributed by atoms with van der Waals surface area (Å²) in [5, 5.41) is 0. The summed E-state index contributed by atoms with van der Waals surface area (Å²) in [7, 11) is 1.33. The lowest BCUT2D eigenvalue weighted by molar-refractivity contribution is -0.132. The van der Waals surface area contributed by atoms with Crippen molar-refractivity contribution < 1.29 is 19.1 Å². The first-order chi connectivity index (χ1) is 17.0. The number of carbonyl (C=O) groups excluding carboxylic acids is 3. The number of ether oxygens (including phenoxy) is 1. The van der Waals surface area contributed by atoms with E-state index in [1.54, 1.807) is 35.2 Å². The maximum Gasteiger partial charge on any atom is 0.337 e. The molecular formula is C26H27N3O4S2. The van der Waals surface area contributed by atoms with E-state index in [9.17, 15) is 14.4 Å². The van der Waals surface area contributed by atoms with Crippen LogP contribution in [0.5, 0.6) is 0 Å². The summed E-state index contributed by atoms with van der Waals surface area (Å²) in [5.74, 6) is -0.444. The average molecular weight is 510 g/mol. The van der Waals surface area contributed by atoms with Crippen LogP contribution in [-0.4, -0.2) is 71.7 Å². The van der Waals surface area contributed by atoms with Crippen LogP contribution >= 0.6 is 24.0 Å². The van der Waals surface area contributed by atoms with Crippen LogP contribution in [0.25, 0.3) is 6.08 Å². The van der Waals surface area contributed by atoms with Gasteiger partial charge in [-0.3, -0.25) is 14.5 Å². The van der Waals surface area contributed by atoms with Gasteiger partial charge < -0.3 is 14.5 Å². The quantitative estimate of drug-likeness (QED) is 0.319. The number of para-hydroxylation sites is 1. The first-order valence-corrected chi connectivity index (χ1v) is 12.7. The molecule has 2 aliphatic heterocycles. The predicted octanol–water partition coefficient (Wildman–Crippen LogP) is 3.80. The van der Waals surface area contributed by atoms with E-state index in [0.29, 0.717) is 47.3 Å². The van der Waals surface area contributed by atoms with E-state index in [-0.39, 0.29) is 11.8 Å². The van der Waals surface area contributed by atoms with Crippen LogP contribution in [0.1, 0.15) is 28.8 Å². The minimum Gasteiger partial charge on any atom is -0.465 e. The smallest absolute Gasteiger partial charge is 0.337 e. The van der Waals surface area contributed by atoms with Gasteiger partial charge in [-0.15, -0.1) is 0 Å². The molecule has 0 radical (unpaired) electrons. The summed E-state index contributed by atoms with van der Waals surface area (Å²) in [5.41, 5.74) is 2.42. The van der Waals surface area contributed by atoms with Crippen molar-refractivity contribution in [3.05, 3.63) is 70.6 Å².